The summed E-state index contributed by atoms with van der Waals surface area (Å²) < 4.78 is 43.7. The number of aromatic nitrogens is 4. The zero-order chi connectivity index (χ0) is 17.7. The summed E-state index contributed by atoms with van der Waals surface area (Å²) in [5.74, 6) is 0.227. The minimum absolute atomic E-state index is 0.192. The Morgan fingerprint density at radius 1 is 1.38 bits per heavy atom. The van der Waals surface area contributed by atoms with Gasteiger partial charge in [-0.15, -0.1) is 0 Å². The standard InChI is InChI=1S/C14H16F3N5O2/c1-9(2)7-24-13-5-11(18-8-19-13)20-12(23)6-22-4-3-10(21-22)14(15,16)17/h3-5,8-9H,6-7H2,1-2H3,(H,18,19,20,23). The first-order valence-corrected chi connectivity index (χ1v) is 7.09. The maximum Gasteiger partial charge on any atom is 0.435 e. The van der Waals surface area contributed by atoms with E-state index >= 15 is 0 Å². The van der Waals surface area contributed by atoms with Crippen LogP contribution in [0.25, 0.3) is 0 Å². The van der Waals surface area contributed by atoms with Gasteiger partial charge in [0, 0.05) is 12.3 Å². The van der Waals surface area contributed by atoms with Crippen LogP contribution in [0.1, 0.15) is 19.5 Å². The first-order valence-electron chi connectivity index (χ1n) is 7.09. The van der Waals surface area contributed by atoms with Crippen LogP contribution < -0.4 is 10.1 Å². The third kappa shape index (κ3) is 5.21. The van der Waals surface area contributed by atoms with Crippen LogP contribution in [0, 0.1) is 5.92 Å². The van der Waals surface area contributed by atoms with Gasteiger partial charge in [0.2, 0.25) is 11.8 Å². The Morgan fingerprint density at radius 3 is 2.75 bits per heavy atom. The quantitative estimate of drug-likeness (QED) is 0.871. The van der Waals surface area contributed by atoms with E-state index in [-0.39, 0.29) is 12.4 Å². The van der Waals surface area contributed by atoms with Crippen molar-refractivity contribution in [3.05, 3.63) is 30.4 Å². The number of hydrogen-bond donors (Lipinski definition) is 1. The fraction of sp³-hybridized carbons (Fsp3) is 0.429. The minimum atomic E-state index is -4.54. The van der Waals surface area contributed by atoms with Gasteiger partial charge in [-0.25, -0.2) is 9.97 Å². The Balaban J connectivity index is 1.95. The fourth-order valence-corrected chi connectivity index (χ4v) is 1.67. The molecule has 1 amide bonds. The Morgan fingerprint density at radius 2 is 2.12 bits per heavy atom. The van der Waals surface area contributed by atoms with E-state index in [1.54, 1.807) is 0 Å². The SMILES string of the molecule is CC(C)COc1cc(NC(=O)Cn2ccc(C(F)(F)F)n2)ncn1. The van der Waals surface area contributed by atoms with Gasteiger partial charge in [-0.3, -0.25) is 9.48 Å². The van der Waals surface area contributed by atoms with Gasteiger partial charge < -0.3 is 10.1 Å². The lowest BCUT2D eigenvalue weighted by molar-refractivity contribution is -0.141. The molecule has 2 aromatic heterocycles. The van der Waals surface area contributed by atoms with Gasteiger partial charge in [0.1, 0.15) is 18.7 Å². The third-order valence-corrected chi connectivity index (χ3v) is 2.71. The number of anilines is 1. The number of hydrogen-bond acceptors (Lipinski definition) is 5. The molecule has 7 nitrogen and oxygen atoms in total. The summed E-state index contributed by atoms with van der Waals surface area (Å²) in [7, 11) is 0. The molecule has 2 heterocycles. The molecule has 1 N–H and O–H groups in total. The lowest BCUT2D eigenvalue weighted by Crippen LogP contribution is -2.20. The Labute approximate surface area is 135 Å². The number of amides is 1. The van der Waals surface area contributed by atoms with E-state index in [1.807, 2.05) is 13.8 Å². The molecule has 2 aromatic rings. The van der Waals surface area contributed by atoms with Gasteiger partial charge in [-0.1, -0.05) is 13.8 Å². The van der Waals surface area contributed by atoms with E-state index in [0.29, 0.717) is 18.4 Å². The molecule has 10 heteroatoms. The Bertz CT molecular complexity index is 700. The molecule has 0 aliphatic heterocycles. The molecule has 2 rings (SSSR count). The molecule has 0 radical (unpaired) electrons. The molecular formula is C14H16F3N5O2. The second-order valence-corrected chi connectivity index (χ2v) is 5.39. The Hall–Kier alpha value is -2.65. The number of nitrogens with zero attached hydrogens (tertiary/aromatic N) is 4. The molecule has 0 bridgehead atoms. The summed E-state index contributed by atoms with van der Waals surface area (Å²) in [6, 6.07) is 2.24. The summed E-state index contributed by atoms with van der Waals surface area (Å²) in [5.41, 5.74) is -1.05. The minimum Gasteiger partial charge on any atom is -0.477 e. The normalized spacial score (nSPS) is 11.6. The maximum absolute atomic E-state index is 12.5. The van der Waals surface area contributed by atoms with Crippen LogP contribution in [0.3, 0.4) is 0 Å². The molecule has 0 atom stereocenters. The van der Waals surface area contributed by atoms with Crippen LogP contribution in [-0.4, -0.2) is 32.3 Å². The van der Waals surface area contributed by atoms with Crippen molar-refractivity contribution in [1.29, 1.82) is 0 Å². The second-order valence-electron chi connectivity index (χ2n) is 5.39. The van der Waals surface area contributed by atoms with E-state index in [2.05, 4.69) is 20.4 Å². The number of rotatable bonds is 6. The van der Waals surface area contributed by atoms with E-state index in [9.17, 15) is 18.0 Å². The molecule has 0 spiro atoms. The highest BCUT2D eigenvalue weighted by atomic mass is 19.4. The number of carbonyl (C=O) groups excluding carboxylic acids is 1. The number of nitrogens with one attached hydrogen (secondary N) is 1. The highest BCUT2D eigenvalue weighted by Gasteiger charge is 2.33. The van der Waals surface area contributed by atoms with Crippen LogP contribution in [0.4, 0.5) is 19.0 Å². The molecule has 130 valence electrons. The fourth-order valence-electron chi connectivity index (χ4n) is 1.67. The zero-order valence-corrected chi connectivity index (χ0v) is 13.0. The molecule has 0 fully saturated rings. The van der Waals surface area contributed by atoms with Crippen LogP contribution in [0.5, 0.6) is 5.88 Å². The lowest BCUT2D eigenvalue weighted by Gasteiger charge is -2.09. The molecule has 0 unspecified atom stereocenters. The maximum atomic E-state index is 12.5. The van der Waals surface area contributed by atoms with Crippen molar-refractivity contribution in [2.24, 2.45) is 5.92 Å². The van der Waals surface area contributed by atoms with Gasteiger partial charge >= 0.3 is 6.18 Å². The second kappa shape index (κ2) is 7.28. The average Bonchev–Trinajstić information content (AvgIpc) is 2.94. The predicted molar refractivity (Wildman–Crippen MR) is 78.2 cm³/mol. The number of carbonyl (C=O) groups is 1. The van der Waals surface area contributed by atoms with Gasteiger partial charge in [-0.2, -0.15) is 18.3 Å². The first-order chi connectivity index (χ1) is 11.2. The third-order valence-electron chi connectivity index (χ3n) is 2.71. The number of ether oxygens (including phenoxy) is 1. The summed E-state index contributed by atoms with van der Waals surface area (Å²) in [4.78, 5) is 19.6. The highest BCUT2D eigenvalue weighted by Crippen LogP contribution is 2.27. The van der Waals surface area contributed by atoms with Crippen molar-refractivity contribution in [2.75, 3.05) is 11.9 Å². The van der Waals surface area contributed by atoms with Crippen LogP contribution >= 0.6 is 0 Å². The van der Waals surface area contributed by atoms with Gasteiger partial charge in [0.05, 0.1) is 6.61 Å². The molecular weight excluding hydrogens is 327 g/mol. The van der Waals surface area contributed by atoms with E-state index in [4.69, 9.17) is 4.74 Å². The van der Waals surface area contributed by atoms with Gasteiger partial charge in [-0.05, 0) is 12.0 Å². The van der Waals surface area contributed by atoms with Gasteiger partial charge in [0.15, 0.2) is 5.69 Å². The van der Waals surface area contributed by atoms with E-state index < -0.39 is 17.8 Å². The van der Waals surface area contributed by atoms with Crippen molar-refractivity contribution in [2.45, 2.75) is 26.6 Å². The highest BCUT2D eigenvalue weighted by molar-refractivity contribution is 5.89. The monoisotopic (exact) mass is 343 g/mol. The zero-order valence-electron chi connectivity index (χ0n) is 13.0. The first kappa shape index (κ1) is 17.7. The van der Waals surface area contributed by atoms with Crippen LogP contribution in [0.2, 0.25) is 0 Å². The van der Waals surface area contributed by atoms with E-state index in [1.165, 1.54) is 12.4 Å². The molecule has 24 heavy (non-hydrogen) atoms. The van der Waals surface area contributed by atoms with Crippen molar-refractivity contribution >= 4 is 11.7 Å². The van der Waals surface area contributed by atoms with Gasteiger partial charge in [0.25, 0.3) is 0 Å². The smallest absolute Gasteiger partial charge is 0.435 e. The summed E-state index contributed by atoms with van der Waals surface area (Å²) in [6.07, 6.45) is -2.24. The Kier molecular flexibility index (Phi) is 5.37. The predicted octanol–water partition coefficient (Wildman–Crippen LogP) is 2.37. The summed E-state index contributed by atoms with van der Waals surface area (Å²) in [5, 5.41) is 5.76. The molecule has 0 saturated heterocycles. The summed E-state index contributed by atoms with van der Waals surface area (Å²) >= 11 is 0. The largest absolute Gasteiger partial charge is 0.477 e. The topological polar surface area (TPSA) is 81.9 Å². The number of halogens is 3. The molecule has 0 aromatic carbocycles. The van der Waals surface area contributed by atoms with Crippen molar-refractivity contribution < 1.29 is 22.7 Å². The average molecular weight is 343 g/mol. The molecule has 0 aliphatic rings. The van der Waals surface area contributed by atoms with Crippen molar-refractivity contribution in [3.63, 3.8) is 0 Å². The summed E-state index contributed by atoms with van der Waals surface area (Å²) in [6.45, 7) is 4.03. The molecule has 0 saturated carbocycles. The van der Waals surface area contributed by atoms with Crippen LogP contribution in [-0.2, 0) is 17.5 Å². The van der Waals surface area contributed by atoms with E-state index in [0.717, 1.165) is 16.9 Å². The van der Waals surface area contributed by atoms with Crippen molar-refractivity contribution in [1.82, 2.24) is 19.7 Å². The number of alkyl halides is 3. The van der Waals surface area contributed by atoms with Crippen LogP contribution in [0.15, 0.2) is 24.7 Å². The molecule has 0 aliphatic carbocycles. The van der Waals surface area contributed by atoms with Crippen molar-refractivity contribution in [3.8, 4) is 5.88 Å². The lowest BCUT2D eigenvalue weighted by atomic mass is 10.2.